The summed E-state index contributed by atoms with van der Waals surface area (Å²) in [6.45, 7) is 6.60. The zero-order valence-electron chi connectivity index (χ0n) is 11.2. The maximum Gasteiger partial charge on any atom is -0.00819 e. The molecule has 0 aliphatic heterocycles. The van der Waals surface area contributed by atoms with Crippen LogP contribution in [0.2, 0.25) is 0 Å². The number of allylic oxidation sites excluding steroid dienone is 1. The van der Waals surface area contributed by atoms with Gasteiger partial charge in [-0.1, -0.05) is 42.5 Å². The third kappa shape index (κ3) is 1.69. The van der Waals surface area contributed by atoms with Crippen molar-refractivity contribution >= 4 is 5.57 Å². The molecule has 1 aliphatic rings. The Hall–Kier alpha value is -1.82. The van der Waals surface area contributed by atoms with Crippen molar-refractivity contribution in [3.05, 3.63) is 75.9 Å². The molecule has 3 rings (SSSR count). The minimum Gasteiger partial charge on any atom is -0.0716 e. The fraction of sp³-hybridized carbons (Fsp3) is 0.222. The van der Waals surface area contributed by atoms with E-state index in [4.69, 9.17) is 0 Å². The molecule has 2 aromatic rings. The predicted octanol–water partition coefficient (Wildman–Crippen LogP) is 4.60. The first-order chi connectivity index (χ1) is 8.66. The van der Waals surface area contributed by atoms with Crippen molar-refractivity contribution < 1.29 is 0 Å². The Bertz CT molecular complexity index is 622. The second-order valence-electron chi connectivity index (χ2n) is 5.21. The Balaban J connectivity index is 2.13. The van der Waals surface area contributed by atoms with Crippen LogP contribution in [0.3, 0.4) is 0 Å². The fourth-order valence-electron chi connectivity index (χ4n) is 2.75. The van der Waals surface area contributed by atoms with E-state index >= 15 is 0 Å². The van der Waals surface area contributed by atoms with Gasteiger partial charge >= 0.3 is 0 Å². The van der Waals surface area contributed by atoms with Crippen molar-refractivity contribution in [2.45, 2.75) is 27.2 Å². The molecular weight excluding hydrogens is 216 g/mol. The van der Waals surface area contributed by atoms with Gasteiger partial charge in [0.2, 0.25) is 0 Å². The molecule has 1 aliphatic carbocycles. The second-order valence-corrected chi connectivity index (χ2v) is 5.21. The zero-order valence-corrected chi connectivity index (χ0v) is 11.2. The van der Waals surface area contributed by atoms with Crippen LogP contribution < -0.4 is 0 Å². The highest BCUT2D eigenvalue weighted by Gasteiger charge is 2.15. The van der Waals surface area contributed by atoms with Gasteiger partial charge in [-0.2, -0.15) is 0 Å². The summed E-state index contributed by atoms with van der Waals surface area (Å²) >= 11 is 0. The topological polar surface area (TPSA) is 0 Å². The summed E-state index contributed by atoms with van der Waals surface area (Å²) < 4.78 is 0. The van der Waals surface area contributed by atoms with Crippen molar-refractivity contribution in [2.75, 3.05) is 0 Å². The Morgan fingerprint density at radius 1 is 0.889 bits per heavy atom. The van der Waals surface area contributed by atoms with Crippen LogP contribution in [0, 0.1) is 20.8 Å². The number of fused-ring (bicyclic) bond motifs is 1. The van der Waals surface area contributed by atoms with Crippen molar-refractivity contribution in [2.24, 2.45) is 0 Å². The van der Waals surface area contributed by atoms with Crippen LogP contribution >= 0.6 is 0 Å². The van der Waals surface area contributed by atoms with E-state index in [1.807, 2.05) is 0 Å². The van der Waals surface area contributed by atoms with E-state index in [1.54, 1.807) is 0 Å². The molecule has 0 fully saturated rings. The van der Waals surface area contributed by atoms with Gasteiger partial charge in [-0.3, -0.25) is 0 Å². The van der Waals surface area contributed by atoms with Crippen LogP contribution in [0.4, 0.5) is 0 Å². The molecule has 0 unspecified atom stereocenters. The van der Waals surface area contributed by atoms with Crippen LogP contribution in [-0.4, -0.2) is 0 Å². The molecule has 0 spiro atoms. The molecule has 0 saturated carbocycles. The summed E-state index contributed by atoms with van der Waals surface area (Å²) in [6.07, 6.45) is 3.42. The van der Waals surface area contributed by atoms with Gasteiger partial charge in [0.25, 0.3) is 0 Å². The fourth-order valence-corrected chi connectivity index (χ4v) is 2.75. The summed E-state index contributed by atoms with van der Waals surface area (Å²) in [5.41, 5.74) is 9.79. The van der Waals surface area contributed by atoms with Crippen molar-refractivity contribution in [1.82, 2.24) is 0 Å². The van der Waals surface area contributed by atoms with Crippen LogP contribution in [-0.2, 0) is 6.42 Å². The largest absolute Gasteiger partial charge is 0.0716 e. The minimum atomic E-state index is 1.07. The average Bonchev–Trinajstić information content (AvgIpc) is 2.79. The first kappa shape index (κ1) is 11.3. The molecule has 0 saturated heterocycles. The number of hydrogen-bond donors (Lipinski definition) is 0. The number of hydrogen-bond acceptors (Lipinski definition) is 0. The summed E-state index contributed by atoms with van der Waals surface area (Å²) in [5.74, 6) is 0. The lowest BCUT2D eigenvalue weighted by atomic mass is 9.93. The van der Waals surface area contributed by atoms with E-state index in [0.29, 0.717) is 0 Å². The van der Waals surface area contributed by atoms with Gasteiger partial charge < -0.3 is 0 Å². The third-order valence-electron chi connectivity index (χ3n) is 4.07. The maximum atomic E-state index is 2.36. The van der Waals surface area contributed by atoms with Gasteiger partial charge in [0, 0.05) is 0 Å². The van der Waals surface area contributed by atoms with E-state index in [2.05, 4.69) is 63.2 Å². The van der Waals surface area contributed by atoms with E-state index in [0.717, 1.165) is 6.42 Å². The highest BCUT2D eigenvalue weighted by Crippen LogP contribution is 2.33. The molecule has 0 N–H and O–H groups in total. The summed E-state index contributed by atoms with van der Waals surface area (Å²) in [7, 11) is 0. The van der Waals surface area contributed by atoms with Crippen molar-refractivity contribution in [3.63, 3.8) is 0 Å². The summed E-state index contributed by atoms with van der Waals surface area (Å²) in [4.78, 5) is 0. The van der Waals surface area contributed by atoms with Crippen molar-refractivity contribution in [3.8, 4) is 0 Å². The Labute approximate surface area is 109 Å². The van der Waals surface area contributed by atoms with E-state index in [9.17, 15) is 0 Å². The van der Waals surface area contributed by atoms with Gasteiger partial charge in [-0.05, 0) is 66.1 Å². The molecule has 0 amide bonds. The Morgan fingerprint density at radius 2 is 1.56 bits per heavy atom. The maximum absolute atomic E-state index is 2.36. The molecule has 2 aromatic carbocycles. The summed E-state index contributed by atoms with van der Waals surface area (Å²) in [5, 5.41) is 0. The smallest absolute Gasteiger partial charge is 0.00819 e. The van der Waals surface area contributed by atoms with Gasteiger partial charge in [0.1, 0.15) is 0 Å². The molecular formula is C18H18. The average molecular weight is 234 g/mol. The predicted molar refractivity (Wildman–Crippen MR) is 77.9 cm³/mol. The molecule has 0 aromatic heterocycles. The third-order valence-corrected chi connectivity index (χ3v) is 4.07. The Morgan fingerprint density at radius 3 is 2.28 bits per heavy atom. The minimum absolute atomic E-state index is 1.07. The molecule has 0 radical (unpaired) electrons. The van der Waals surface area contributed by atoms with Crippen LogP contribution in [0.15, 0.2) is 42.5 Å². The number of aryl methyl sites for hydroxylation is 2. The lowest BCUT2D eigenvalue weighted by molar-refractivity contribution is 1.26. The lowest BCUT2D eigenvalue weighted by Crippen LogP contribution is -1.92. The highest BCUT2D eigenvalue weighted by molar-refractivity contribution is 5.85. The van der Waals surface area contributed by atoms with Crippen molar-refractivity contribution in [1.29, 1.82) is 0 Å². The summed E-state index contributed by atoms with van der Waals surface area (Å²) in [6, 6.07) is 13.4. The van der Waals surface area contributed by atoms with Gasteiger partial charge in [0.05, 0.1) is 0 Å². The van der Waals surface area contributed by atoms with Gasteiger partial charge in [-0.15, -0.1) is 0 Å². The zero-order chi connectivity index (χ0) is 12.7. The normalized spacial score (nSPS) is 13.4. The van der Waals surface area contributed by atoms with Gasteiger partial charge in [-0.25, -0.2) is 0 Å². The lowest BCUT2D eigenvalue weighted by Gasteiger charge is -2.11. The molecule has 0 nitrogen and oxygen atoms in total. The van der Waals surface area contributed by atoms with Crippen LogP contribution in [0.5, 0.6) is 0 Å². The second kappa shape index (κ2) is 4.13. The molecule has 0 atom stereocenters. The molecule has 18 heavy (non-hydrogen) atoms. The van der Waals surface area contributed by atoms with E-state index < -0.39 is 0 Å². The number of rotatable bonds is 1. The number of benzene rings is 2. The quantitative estimate of drug-likeness (QED) is 0.676. The Kier molecular flexibility index (Phi) is 2.59. The first-order valence-electron chi connectivity index (χ1n) is 6.53. The van der Waals surface area contributed by atoms with E-state index in [-0.39, 0.29) is 0 Å². The molecule has 0 heterocycles. The molecule has 0 bridgehead atoms. The molecule has 90 valence electrons. The van der Waals surface area contributed by atoms with Crippen LogP contribution in [0.25, 0.3) is 5.57 Å². The monoisotopic (exact) mass is 234 g/mol. The van der Waals surface area contributed by atoms with E-state index in [1.165, 1.54) is 39.0 Å². The molecule has 0 heteroatoms. The standard InChI is InChI=1S/C18H18/c1-12-10-16(11-13(2)14(12)3)18-9-8-15-6-4-5-7-17(15)18/h4-7,9-11H,8H2,1-3H3. The van der Waals surface area contributed by atoms with Gasteiger partial charge in [0.15, 0.2) is 0 Å². The van der Waals surface area contributed by atoms with Crippen LogP contribution in [0.1, 0.15) is 33.4 Å². The SMILES string of the molecule is Cc1cc(C2=CCc3ccccc32)cc(C)c1C. The first-order valence-corrected chi connectivity index (χ1v) is 6.53. The highest BCUT2D eigenvalue weighted by atomic mass is 14.2.